The minimum atomic E-state index is -3.36. The Labute approximate surface area is 204 Å². The normalized spacial score (nSPS) is 29.9. The molecule has 2 bridgehead atoms. The molecule has 1 saturated heterocycles. The summed E-state index contributed by atoms with van der Waals surface area (Å²) < 4.78 is 39.3. The number of carbonyl (C=O) groups excluding carboxylic acids is 1. The van der Waals surface area contributed by atoms with E-state index >= 15 is 0 Å². The highest BCUT2D eigenvalue weighted by atomic mass is 32.2. The average Bonchev–Trinajstić information content (AvgIpc) is 2.81. The van der Waals surface area contributed by atoms with Gasteiger partial charge in [0.15, 0.2) is 0 Å². The molecule has 3 heterocycles. The number of para-hydroxylation sites is 1. The van der Waals surface area contributed by atoms with E-state index in [1.54, 1.807) is 0 Å². The summed E-state index contributed by atoms with van der Waals surface area (Å²) >= 11 is 0. The standard InChI is InChI=1S/C26H40N2O5S/c1-34(30,31)27-23-10-8-17-28-24(23)19-33-21-15-13-20(14-16-21)22-9-5-6-11-25(22)32-18-7-3-2-4-12-26(28)29/h5-6,9,11,20-21,23-24,27H,2-4,7-8,10,12-19H2,1H3/t20?,21?,23-,24?/m0/s1. The number of nitrogens with one attached hydrogen (secondary N) is 1. The van der Waals surface area contributed by atoms with Gasteiger partial charge in [-0.05, 0) is 68.9 Å². The highest BCUT2D eigenvalue weighted by Gasteiger charge is 2.36. The smallest absolute Gasteiger partial charge is 0.222 e. The summed E-state index contributed by atoms with van der Waals surface area (Å²) in [4.78, 5) is 15.0. The van der Waals surface area contributed by atoms with Crippen LogP contribution in [0.15, 0.2) is 24.3 Å². The summed E-state index contributed by atoms with van der Waals surface area (Å²) in [5, 5.41) is 0. The van der Waals surface area contributed by atoms with Crippen LogP contribution in [-0.2, 0) is 19.6 Å². The Kier molecular flexibility index (Phi) is 8.88. The van der Waals surface area contributed by atoms with Crippen LogP contribution >= 0.6 is 0 Å². The summed E-state index contributed by atoms with van der Waals surface area (Å²) in [6.07, 6.45) is 11.2. The molecule has 2 atom stereocenters. The lowest BCUT2D eigenvalue weighted by atomic mass is 9.82. The fraction of sp³-hybridized carbons (Fsp3) is 0.731. The van der Waals surface area contributed by atoms with Gasteiger partial charge in [0, 0.05) is 19.0 Å². The third-order valence-corrected chi connectivity index (χ3v) is 8.27. The van der Waals surface area contributed by atoms with Gasteiger partial charge >= 0.3 is 0 Å². The third kappa shape index (κ3) is 6.95. The average molecular weight is 493 g/mol. The van der Waals surface area contributed by atoms with Crippen LogP contribution in [0.1, 0.15) is 82.1 Å². The second-order valence-corrected chi connectivity index (χ2v) is 11.9. The molecular formula is C26H40N2O5S. The van der Waals surface area contributed by atoms with E-state index in [1.807, 2.05) is 11.0 Å². The van der Waals surface area contributed by atoms with E-state index in [4.69, 9.17) is 9.47 Å². The van der Waals surface area contributed by atoms with Crippen molar-refractivity contribution in [2.24, 2.45) is 0 Å². The molecule has 1 aromatic rings. The highest BCUT2D eigenvalue weighted by molar-refractivity contribution is 7.88. The van der Waals surface area contributed by atoms with E-state index in [1.165, 1.54) is 11.8 Å². The fourth-order valence-electron chi connectivity index (χ4n) is 5.77. The summed E-state index contributed by atoms with van der Waals surface area (Å²) in [6, 6.07) is 7.89. The molecular weight excluding hydrogens is 452 g/mol. The molecule has 0 radical (unpaired) electrons. The van der Waals surface area contributed by atoms with Gasteiger partial charge in [0.1, 0.15) is 5.75 Å². The summed E-state index contributed by atoms with van der Waals surface area (Å²) in [6.45, 7) is 1.76. The first kappa shape index (κ1) is 25.5. The number of piperidine rings is 1. The molecule has 7 nitrogen and oxygen atoms in total. The number of carbonyl (C=O) groups is 1. The van der Waals surface area contributed by atoms with Crippen molar-refractivity contribution >= 4 is 15.9 Å². The minimum absolute atomic E-state index is 0.114. The summed E-state index contributed by atoms with van der Waals surface area (Å²) in [5.74, 6) is 1.60. The summed E-state index contributed by atoms with van der Waals surface area (Å²) in [7, 11) is -3.36. The van der Waals surface area contributed by atoms with Crippen LogP contribution in [0.25, 0.3) is 0 Å². The highest BCUT2D eigenvalue weighted by Crippen LogP contribution is 2.38. The van der Waals surface area contributed by atoms with Crippen molar-refractivity contribution in [2.75, 3.05) is 26.0 Å². The van der Waals surface area contributed by atoms with Gasteiger partial charge in [-0.25, -0.2) is 13.1 Å². The van der Waals surface area contributed by atoms with E-state index in [0.29, 0.717) is 32.1 Å². The molecule has 1 N–H and O–H groups in total. The molecule has 0 spiro atoms. The van der Waals surface area contributed by atoms with Crippen molar-refractivity contribution < 1.29 is 22.7 Å². The maximum Gasteiger partial charge on any atom is 0.222 e. The van der Waals surface area contributed by atoms with E-state index in [9.17, 15) is 13.2 Å². The molecule has 2 fully saturated rings. The Morgan fingerprint density at radius 2 is 1.74 bits per heavy atom. The Morgan fingerprint density at radius 1 is 0.971 bits per heavy atom. The Hall–Kier alpha value is -1.64. The minimum Gasteiger partial charge on any atom is -0.493 e. The number of amides is 1. The Bertz CT molecular complexity index is 914. The van der Waals surface area contributed by atoms with Gasteiger partial charge in [0.25, 0.3) is 0 Å². The maximum absolute atomic E-state index is 13.1. The second-order valence-electron chi connectivity index (χ2n) is 10.2. The van der Waals surface area contributed by atoms with Crippen molar-refractivity contribution in [1.29, 1.82) is 0 Å². The molecule has 190 valence electrons. The first-order valence-electron chi connectivity index (χ1n) is 13.0. The van der Waals surface area contributed by atoms with Gasteiger partial charge in [-0.1, -0.05) is 31.0 Å². The number of hydrogen-bond donors (Lipinski definition) is 1. The maximum atomic E-state index is 13.1. The van der Waals surface area contributed by atoms with Gasteiger partial charge < -0.3 is 14.4 Å². The molecule has 1 aliphatic carbocycles. The zero-order valence-electron chi connectivity index (χ0n) is 20.4. The Morgan fingerprint density at radius 3 is 2.53 bits per heavy atom. The zero-order valence-corrected chi connectivity index (χ0v) is 21.2. The largest absolute Gasteiger partial charge is 0.493 e. The van der Waals surface area contributed by atoms with E-state index < -0.39 is 10.0 Å². The molecule has 5 rings (SSSR count). The lowest BCUT2D eigenvalue weighted by Gasteiger charge is -2.42. The molecule has 4 aliphatic rings. The number of rotatable bonds is 2. The van der Waals surface area contributed by atoms with E-state index in [0.717, 1.165) is 70.0 Å². The predicted octanol–water partition coefficient (Wildman–Crippen LogP) is 3.98. The van der Waals surface area contributed by atoms with E-state index in [2.05, 4.69) is 22.9 Å². The first-order chi connectivity index (χ1) is 16.4. The van der Waals surface area contributed by atoms with Crippen molar-refractivity contribution in [3.63, 3.8) is 0 Å². The number of benzene rings is 1. The van der Waals surface area contributed by atoms with Gasteiger partial charge in [-0.3, -0.25) is 4.79 Å². The van der Waals surface area contributed by atoms with Gasteiger partial charge in [0.05, 0.1) is 31.6 Å². The third-order valence-electron chi connectivity index (χ3n) is 7.54. The van der Waals surface area contributed by atoms with Crippen LogP contribution in [0, 0.1) is 0 Å². The number of hydrogen-bond acceptors (Lipinski definition) is 5. The molecule has 0 aromatic heterocycles. The van der Waals surface area contributed by atoms with Crippen LogP contribution < -0.4 is 9.46 Å². The van der Waals surface area contributed by atoms with Gasteiger partial charge in [0.2, 0.25) is 15.9 Å². The van der Waals surface area contributed by atoms with Gasteiger partial charge in [-0.15, -0.1) is 0 Å². The predicted molar refractivity (Wildman–Crippen MR) is 132 cm³/mol. The number of sulfonamides is 1. The SMILES string of the molecule is CS(=O)(=O)N[C@H]1CCCN2C(=O)CCCCCCOc3ccccc3C3CCC(CC3)OCC12. The van der Waals surface area contributed by atoms with Crippen molar-refractivity contribution in [3.8, 4) is 5.75 Å². The fourth-order valence-corrected chi connectivity index (χ4v) is 6.59. The molecule has 1 saturated carbocycles. The molecule has 34 heavy (non-hydrogen) atoms. The first-order valence-corrected chi connectivity index (χ1v) is 14.9. The summed E-state index contributed by atoms with van der Waals surface area (Å²) in [5.41, 5.74) is 1.31. The van der Waals surface area contributed by atoms with Crippen LogP contribution in [0.2, 0.25) is 0 Å². The van der Waals surface area contributed by atoms with Crippen molar-refractivity contribution in [2.45, 2.75) is 94.7 Å². The van der Waals surface area contributed by atoms with Crippen LogP contribution in [-0.4, -0.2) is 63.4 Å². The quantitative estimate of drug-likeness (QED) is 0.675. The number of nitrogens with zero attached hydrogens (tertiary/aromatic N) is 1. The lowest BCUT2D eigenvalue weighted by molar-refractivity contribution is -0.138. The van der Waals surface area contributed by atoms with Crippen molar-refractivity contribution in [3.05, 3.63) is 29.8 Å². The second kappa shape index (κ2) is 11.9. The van der Waals surface area contributed by atoms with E-state index in [-0.39, 0.29) is 24.1 Å². The monoisotopic (exact) mass is 492 g/mol. The van der Waals surface area contributed by atoms with Gasteiger partial charge in [-0.2, -0.15) is 0 Å². The molecule has 8 heteroatoms. The lowest BCUT2D eigenvalue weighted by Crippen LogP contribution is -2.59. The Balaban J connectivity index is 1.49. The number of ether oxygens (including phenoxy) is 2. The molecule has 1 unspecified atom stereocenters. The zero-order chi connectivity index (χ0) is 24.0. The van der Waals surface area contributed by atoms with Crippen molar-refractivity contribution in [1.82, 2.24) is 9.62 Å². The molecule has 1 amide bonds. The number of fused-ring (bicyclic) bond motifs is 10. The van der Waals surface area contributed by atoms with Crippen LogP contribution in [0.4, 0.5) is 0 Å². The molecule has 3 aliphatic heterocycles. The topological polar surface area (TPSA) is 84.9 Å². The molecule has 1 aromatic carbocycles. The van der Waals surface area contributed by atoms with Crippen LogP contribution in [0.5, 0.6) is 5.75 Å². The van der Waals surface area contributed by atoms with Crippen LogP contribution in [0.3, 0.4) is 0 Å².